The molecule has 19 heavy (non-hydrogen) atoms. The van der Waals surface area contributed by atoms with Crippen LogP contribution in [0.3, 0.4) is 0 Å². The van der Waals surface area contributed by atoms with E-state index in [9.17, 15) is 9.18 Å². The van der Waals surface area contributed by atoms with Gasteiger partial charge in [-0.2, -0.15) is 0 Å². The number of carbonyl (C=O) groups excluding carboxylic acids is 1. The Labute approximate surface area is 109 Å². The number of hydrogen-bond acceptors (Lipinski definition) is 5. The zero-order valence-corrected chi connectivity index (χ0v) is 10.6. The lowest BCUT2D eigenvalue weighted by Gasteiger charge is -2.06. The van der Waals surface area contributed by atoms with Gasteiger partial charge in [-0.15, -0.1) is 0 Å². The van der Waals surface area contributed by atoms with Gasteiger partial charge in [0.1, 0.15) is 11.5 Å². The Morgan fingerprint density at radius 1 is 1.32 bits per heavy atom. The summed E-state index contributed by atoms with van der Waals surface area (Å²) in [5.41, 5.74) is 1.20. The van der Waals surface area contributed by atoms with Crippen LogP contribution in [0.1, 0.15) is 23.0 Å². The Morgan fingerprint density at radius 2 is 2.11 bits per heavy atom. The summed E-state index contributed by atoms with van der Waals surface area (Å²) in [6, 6.07) is 2.71. The molecule has 2 aromatic heterocycles. The molecule has 0 N–H and O–H groups in total. The zero-order valence-electron chi connectivity index (χ0n) is 10.6. The second kappa shape index (κ2) is 5.51. The fraction of sp³-hybridized carbons (Fsp3) is 0.231. The molecule has 0 saturated carbocycles. The normalized spacial score (nSPS) is 10.3. The lowest BCUT2D eigenvalue weighted by molar-refractivity contribution is 0.0518. The lowest BCUT2D eigenvalue weighted by Crippen LogP contribution is -2.11. The number of carbonyl (C=O) groups is 1. The van der Waals surface area contributed by atoms with Crippen molar-refractivity contribution in [2.75, 3.05) is 6.61 Å². The Hall–Kier alpha value is -2.37. The summed E-state index contributed by atoms with van der Waals surface area (Å²) in [6.45, 7) is 3.71. The minimum atomic E-state index is -0.509. The first kappa shape index (κ1) is 13.1. The number of aromatic nitrogens is 3. The minimum Gasteiger partial charge on any atom is -0.461 e. The number of ether oxygens (including phenoxy) is 1. The van der Waals surface area contributed by atoms with Gasteiger partial charge in [-0.05, 0) is 26.0 Å². The van der Waals surface area contributed by atoms with E-state index < -0.39 is 11.8 Å². The summed E-state index contributed by atoms with van der Waals surface area (Å²) >= 11 is 0. The minimum absolute atomic E-state index is 0.193. The van der Waals surface area contributed by atoms with Gasteiger partial charge >= 0.3 is 5.97 Å². The molecule has 0 aliphatic carbocycles. The van der Waals surface area contributed by atoms with Gasteiger partial charge in [-0.25, -0.2) is 24.1 Å². The van der Waals surface area contributed by atoms with Crippen LogP contribution in [0.25, 0.3) is 11.5 Å². The first-order chi connectivity index (χ1) is 9.11. The summed E-state index contributed by atoms with van der Waals surface area (Å²) in [7, 11) is 0. The van der Waals surface area contributed by atoms with Crippen molar-refractivity contribution in [1.29, 1.82) is 0 Å². The number of aryl methyl sites for hydroxylation is 1. The van der Waals surface area contributed by atoms with E-state index in [0.717, 1.165) is 6.20 Å². The van der Waals surface area contributed by atoms with Crippen LogP contribution in [0.2, 0.25) is 0 Å². The standard InChI is InChI=1S/C13H12FN3O2/c1-3-19-13(18)11-8(2)6-16-12(17-11)10-5-4-9(14)7-15-10/h4-7H,3H2,1-2H3. The van der Waals surface area contributed by atoms with E-state index in [4.69, 9.17) is 4.74 Å². The molecule has 0 aliphatic rings. The van der Waals surface area contributed by atoms with E-state index in [-0.39, 0.29) is 18.1 Å². The second-order valence-electron chi connectivity index (χ2n) is 3.81. The van der Waals surface area contributed by atoms with Gasteiger partial charge in [-0.1, -0.05) is 0 Å². The van der Waals surface area contributed by atoms with Crippen molar-refractivity contribution < 1.29 is 13.9 Å². The van der Waals surface area contributed by atoms with E-state index >= 15 is 0 Å². The van der Waals surface area contributed by atoms with Crippen molar-refractivity contribution in [2.24, 2.45) is 0 Å². The third kappa shape index (κ3) is 2.90. The zero-order chi connectivity index (χ0) is 13.8. The third-order valence-corrected chi connectivity index (χ3v) is 2.40. The predicted molar refractivity (Wildman–Crippen MR) is 65.9 cm³/mol. The summed E-state index contributed by atoms with van der Waals surface area (Å²) in [6.07, 6.45) is 2.59. The van der Waals surface area contributed by atoms with E-state index in [1.807, 2.05) is 0 Å². The van der Waals surface area contributed by atoms with Gasteiger partial charge in [-0.3, -0.25) is 0 Å². The van der Waals surface area contributed by atoms with Gasteiger partial charge in [0.15, 0.2) is 11.5 Å². The molecule has 0 aliphatic heterocycles. The average molecular weight is 261 g/mol. The summed E-state index contributed by atoms with van der Waals surface area (Å²) in [4.78, 5) is 23.8. The van der Waals surface area contributed by atoms with E-state index in [2.05, 4.69) is 15.0 Å². The largest absolute Gasteiger partial charge is 0.461 e. The van der Waals surface area contributed by atoms with Crippen LogP contribution < -0.4 is 0 Å². The van der Waals surface area contributed by atoms with Gasteiger partial charge in [0, 0.05) is 11.8 Å². The molecule has 0 atom stereocenters. The molecule has 98 valence electrons. The van der Waals surface area contributed by atoms with Crippen molar-refractivity contribution in [3.63, 3.8) is 0 Å². The van der Waals surface area contributed by atoms with E-state index in [1.54, 1.807) is 13.8 Å². The van der Waals surface area contributed by atoms with Crippen LogP contribution in [0.4, 0.5) is 4.39 Å². The van der Waals surface area contributed by atoms with Crippen LogP contribution in [0, 0.1) is 12.7 Å². The lowest BCUT2D eigenvalue weighted by atomic mass is 10.2. The number of hydrogen-bond donors (Lipinski definition) is 0. The molecule has 2 aromatic rings. The Kier molecular flexibility index (Phi) is 3.79. The molecule has 0 spiro atoms. The smallest absolute Gasteiger partial charge is 0.357 e. The first-order valence-corrected chi connectivity index (χ1v) is 5.74. The van der Waals surface area contributed by atoms with Crippen molar-refractivity contribution >= 4 is 5.97 Å². The summed E-state index contributed by atoms with van der Waals surface area (Å²) in [5, 5.41) is 0. The fourth-order valence-corrected chi connectivity index (χ4v) is 1.48. The molecule has 5 nitrogen and oxygen atoms in total. The van der Waals surface area contributed by atoms with Gasteiger partial charge in [0.25, 0.3) is 0 Å². The van der Waals surface area contributed by atoms with Crippen molar-refractivity contribution in [3.05, 3.63) is 41.6 Å². The molecule has 0 amide bonds. The Morgan fingerprint density at radius 3 is 2.74 bits per heavy atom. The highest BCUT2D eigenvalue weighted by molar-refractivity contribution is 5.89. The Balaban J connectivity index is 2.40. The third-order valence-electron chi connectivity index (χ3n) is 2.40. The number of pyridine rings is 1. The van der Waals surface area contributed by atoms with Crippen LogP contribution in [0.15, 0.2) is 24.5 Å². The summed E-state index contributed by atoms with van der Waals surface area (Å²) in [5.74, 6) is -0.694. The molecule has 0 radical (unpaired) electrons. The fourth-order valence-electron chi connectivity index (χ4n) is 1.48. The molecule has 0 saturated heterocycles. The molecule has 6 heteroatoms. The molecule has 0 unspecified atom stereocenters. The molecular weight excluding hydrogens is 249 g/mol. The van der Waals surface area contributed by atoms with Gasteiger partial charge < -0.3 is 4.74 Å². The van der Waals surface area contributed by atoms with Crippen LogP contribution in [-0.4, -0.2) is 27.5 Å². The highest BCUT2D eigenvalue weighted by atomic mass is 19.1. The maximum Gasteiger partial charge on any atom is 0.357 e. The maximum atomic E-state index is 12.8. The number of halogens is 1. The monoisotopic (exact) mass is 261 g/mol. The van der Waals surface area contributed by atoms with Gasteiger partial charge in [0.05, 0.1) is 12.8 Å². The van der Waals surface area contributed by atoms with Crippen molar-refractivity contribution in [3.8, 4) is 11.5 Å². The van der Waals surface area contributed by atoms with Crippen molar-refractivity contribution in [2.45, 2.75) is 13.8 Å². The number of nitrogens with zero attached hydrogens (tertiary/aromatic N) is 3. The van der Waals surface area contributed by atoms with Crippen LogP contribution in [-0.2, 0) is 4.74 Å². The second-order valence-corrected chi connectivity index (χ2v) is 3.81. The highest BCUT2D eigenvalue weighted by Crippen LogP contribution is 2.14. The molecular formula is C13H12FN3O2. The highest BCUT2D eigenvalue weighted by Gasteiger charge is 2.14. The predicted octanol–water partition coefficient (Wildman–Crippen LogP) is 2.16. The van der Waals surface area contributed by atoms with Crippen LogP contribution >= 0.6 is 0 Å². The first-order valence-electron chi connectivity index (χ1n) is 5.74. The Bertz CT molecular complexity index is 599. The molecule has 2 heterocycles. The van der Waals surface area contributed by atoms with Gasteiger partial charge in [0.2, 0.25) is 0 Å². The summed E-state index contributed by atoms with van der Waals surface area (Å²) < 4.78 is 17.7. The quantitative estimate of drug-likeness (QED) is 0.792. The number of esters is 1. The topological polar surface area (TPSA) is 65.0 Å². The SMILES string of the molecule is CCOC(=O)c1nc(-c2ccc(F)cn2)ncc1C. The molecule has 0 bridgehead atoms. The number of rotatable bonds is 3. The average Bonchev–Trinajstić information content (AvgIpc) is 2.40. The molecule has 0 fully saturated rings. The van der Waals surface area contributed by atoms with E-state index in [0.29, 0.717) is 11.3 Å². The van der Waals surface area contributed by atoms with E-state index in [1.165, 1.54) is 18.3 Å². The van der Waals surface area contributed by atoms with Crippen LogP contribution in [0.5, 0.6) is 0 Å². The van der Waals surface area contributed by atoms with Crippen molar-refractivity contribution in [1.82, 2.24) is 15.0 Å². The maximum absolute atomic E-state index is 12.8. The molecule has 0 aromatic carbocycles. The molecule has 2 rings (SSSR count).